The van der Waals surface area contributed by atoms with Crippen LogP contribution in [-0.4, -0.2) is 5.91 Å². The highest BCUT2D eigenvalue weighted by Gasteiger charge is 2.12. The fourth-order valence-corrected chi connectivity index (χ4v) is 2.28. The van der Waals surface area contributed by atoms with Gasteiger partial charge < -0.3 is 10.5 Å². The van der Waals surface area contributed by atoms with Crippen molar-refractivity contribution < 1.29 is 9.53 Å². The summed E-state index contributed by atoms with van der Waals surface area (Å²) < 4.78 is 6.69. The minimum atomic E-state index is -0.577. The Bertz CT molecular complexity index is 643. The summed E-state index contributed by atoms with van der Waals surface area (Å²) in [6.07, 6.45) is 0. The van der Waals surface area contributed by atoms with E-state index in [1.165, 1.54) is 6.07 Å². The smallest absolute Gasteiger partial charge is 0.252 e. The number of carbonyl (C=O) groups excluding carboxylic acids is 1. The molecule has 0 aliphatic rings. The highest BCUT2D eigenvalue weighted by atomic mass is 79.9. The van der Waals surface area contributed by atoms with Crippen molar-refractivity contribution in [1.29, 1.82) is 0 Å². The van der Waals surface area contributed by atoms with Crippen LogP contribution in [0.5, 0.6) is 11.5 Å². The first-order valence-corrected chi connectivity index (χ1v) is 6.68. The van der Waals surface area contributed by atoms with Gasteiger partial charge in [0.15, 0.2) is 0 Å². The van der Waals surface area contributed by atoms with Crippen molar-refractivity contribution in [3.63, 3.8) is 0 Å². The Kier molecular flexibility index (Phi) is 4.12. The summed E-state index contributed by atoms with van der Waals surface area (Å²) in [5.41, 5.74) is 6.52. The molecule has 0 saturated carbocycles. The third-order valence-electron chi connectivity index (χ3n) is 2.56. The van der Waals surface area contributed by atoms with Gasteiger partial charge in [-0.25, -0.2) is 0 Å². The van der Waals surface area contributed by atoms with Gasteiger partial charge in [-0.15, -0.1) is 0 Å². The monoisotopic (exact) mass is 339 g/mol. The van der Waals surface area contributed by atoms with E-state index in [-0.39, 0.29) is 5.56 Å². The number of primary amides is 1. The Morgan fingerprint density at radius 1 is 1.21 bits per heavy atom. The molecule has 2 aromatic rings. The molecule has 0 aromatic heterocycles. The first-order valence-electron chi connectivity index (χ1n) is 5.51. The van der Waals surface area contributed by atoms with Crippen molar-refractivity contribution in [2.75, 3.05) is 0 Å². The fraction of sp³-hybridized carbons (Fsp3) is 0.0714. The molecule has 0 unspecified atom stereocenters. The minimum absolute atomic E-state index is 0.259. The van der Waals surface area contributed by atoms with Crippen LogP contribution in [0.25, 0.3) is 0 Å². The van der Waals surface area contributed by atoms with Gasteiger partial charge in [-0.3, -0.25) is 4.79 Å². The standard InChI is InChI=1S/C14H11BrClNO2/c1-8-6-9(15)2-4-12(8)19-13-5-3-10(16)7-11(13)14(17)18/h2-7H,1H3,(H2,17,18). The third-order valence-corrected chi connectivity index (χ3v) is 3.29. The zero-order chi connectivity index (χ0) is 14.0. The summed E-state index contributed by atoms with van der Waals surface area (Å²) >= 11 is 9.23. The van der Waals surface area contributed by atoms with Crippen molar-refractivity contribution in [1.82, 2.24) is 0 Å². The predicted octanol–water partition coefficient (Wildman–Crippen LogP) is 4.30. The summed E-state index contributed by atoms with van der Waals surface area (Å²) in [6.45, 7) is 1.92. The molecular formula is C14H11BrClNO2. The lowest BCUT2D eigenvalue weighted by atomic mass is 10.2. The van der Waals surface area contributed by atoms with Crippen LogP contribution < -0.4 is 10.5 Å². The Balaban J connectivity index is 2.40. The van der Waals surface area contributed by atoms with Crippen LogP contribution in [0, 0.1) is 6.92 Å². The lowest BCUT2D eigenvalue weighted by molar-refractivity contribution is 0.0998. The van der Waals surface area contributed by atoms with E-state index in [9.17, 15) is 4.79 Å². The summed E-state index contributed by atoms with van der Waals surface area (Å²) in [5.74, 6) is 0.475. The van der Waals surface area contributed by atoms with Gasteiger partial charge in [-0.05, 0) is 48.9 Å². The van der Waals surface area contributed by atoms with Crippen molar-refractivity contribution in [3.8, 4) is 11.5 Å². The molecule has 1 amide bonds. The molecule has 0 aliphatic heterocycles. The second-order valence-electron chi connectivity index (χ2n) is 4.02. The number of carbonyl (C=O) groups is 1. The molecule has 0 bridgehead atoms. The average Bonchev–Trinajstić information content (AvgIpc) is 2.34. The molecule has 2 rings (SSSR count). The van der Waals surface area contributed by atoms with Gasteiger partial charge in [-0.2, -0.15) is 0 Å². The van der Waals surface area contributed by atoms with E-state index in [0.717, 1.165) is 10.0 Å². The molecule has 0 fully saturated rings. The van der Waals surface area contributed by atoms with E-state index < -0.39 is 5.91 Å². The number of aryl methyl sites for hydroxylation is 1. The van der Waals surface area contributed by atoms with Gasteiger partial charge in [-0.1, -0.05) is 27.5 Å². The maximum Gasteiger partial charge on any atom is 0.252 e. The highest BCUT2D eigenvalue weighted by molar-refractivity contribution is 9.10. The number of hydrogen-bond acceptors (Lipinski definition) is 2. The Morgan fingerprint density at radius 2 is 1.89 bits per heavy atom. The van der Waals surface area contributed by atoms with Crippen LogP contribution in [0.4, 0.5) is 0 Å². The summed E-state index contributed by atoms with van der Waals surface area (Å²) in [7, 11) is 0. The number of halogens is 2. The van der Waals surface area contributed by atoms with E-state index in [4.69, 9.17) is 22.1 Å². The molecule has 19 heavy (non-hydrogen) atoms. The zero-order valence-corrected chi connectivity index (χ0v) is 12.5. The number of benzene rings is 2. The maximum absolute atomic E-state index is 11.4. The van der Waals surface area contributed by atoms with E-state index in [0.29, 0.717) is 16.5 Å². The number of nitrogens with two attached hydrogens (primary N) is 1. The molecule has 0 aliphatic carbocycles. The van der Waals surface area contributed by atoms with E-state index in [1.807, 2.05) is 25.1 Å². The number of hydrogen-bond donors (Lipinski definition) is 1. The molecule has 0 heterocycles. The van der Waals surface area contributed by atoms with Gasteiger partial charge in [0.2, 0.25) is 0 Å². The number of ether oxygens (including phenoxy) is 1. The lowest BCUT2D eigenvalue weighted by Crippen LogP contribution is -2.12. The van der Waals surface area contributed by atoms with Crippen molar-refractivity contribution >= 4 is 33.4 Å². The lowest BCUT2D eigenvalue weighted by Gasteiger charge is -2.11. The minimum Gasteiger partial charge on any atom is -0.456 e. The molecule has 98 valence electrons. The Morgan fingerprint density at radius 3 is 2.53 bits per heavy atom. The van der Waals surface area contributed by atoms with Crippen LogP contribution in [-0.2, 0) is 0 Å². The topological polar surface area (TPSA) is 52.3 Å². The molecule has 2 N–H and O–H groups in total. The molecule has 0 spiro atoms. The SMILES string of the molecule is Cc1cc(Br)ccc1Oc1ccc(Cl)cc1C(N)=O. The van der Waals surface area contributed by atoms with Gasteiger partial charge in [0.1, 0.15) is 11.5 Å². The van der Waals surface area contributed by atoms with E-state index in [1.54, 1.807) is 12.1 Å². The van der Waals surface area contributed by atoms with Gasteiger partial charge in [0.05, 0.1) is 5.56 Å². The zero-order valence-electron chi connectivity index (χ0n) is 10.1. The maximum atomic E-state index is 11.4. The van der Waals surface area contributed by atoms with Crippen molar-refractivity contribution in [2.45, 2.75) is 6.92 Å². The molecule has 0 atom stereocenters. The predicted molar refractivity (Wildman–Crippen MR) is 78.9 cm³/mol. The first kappa shape index (κ1) is 13.9. The van der Waals surface area contributed by atoms with Crippen LogP contribution in [0.2, 0.25) is 5.02 Å². The molecule has 2 aromatic carbocycles. The van der Waals surface area contributed by atoms with Crippen molar-refractivity contribution in [2.24, 2.45) is 5.73 Å². The Hall–Kier alpha value is -1.52. The second-order valence-corrected chi connectivity index (χ2v) is 5.37. The third kappa shape index (κ3) is 3.28. The molecule has 5 heteroatoms. The summed E-state index contributed by atoms with van der Waals surface area (Å²) in [6, 6.07) is 10.4. The quantitative estimate of drug-likeness (QED) is 0.905. The summed E-state index contributed by atoms with van der Waals surface area (Å²) in [4.78, 5) is 11.4. The largest absolute Gasteiger partial charge is 0.456 e. The van der Waals surface area contributed by atoms with Crippen molar-refractivity contribution in [3.05, 3.63) is 57.0 Å². The molecule has 0 saturated heterocycles. The van der Waals surface area contributed by atoms with Crippen LogP contribution in [0.3, 0.4) is 0 Å². The van der Waals surface area contributed by atoms with Crippen LogP contribution in [0.1, 0.15) is 15.9 Å². The van der Waals surface area contributed by atoms with Gasteiger partial charge in [0.25, 0.3) is 5.91 Å². The molecule has 3 nitrogen and oxygen atoms in total. The Labute approximate surface area is 124 Å². The van der Waals surface area contributed by atoms with Crippen LogP contribution in [0.15, 0.2) is 40.9 Å². The number of amides is 1. The average molecular weight is 341 g/mol. The first-order chi connectivity index (χ1) is 8.97. The van der Waals surface area contributed by atoms with E-state index >= 15 is 0 Å². The molecular weight excluding hydrogens is 330 g/mol. The highest BCUT2D eigenvalue weighted by Crippen LogP contribution is 2.30. The van der Waals surface area contributed by atoms with Crippen LogP contribution >= 0.6 is 27.5 Å². The second kappa shape index (κ2) is 5.63. The number of rotatable bonds is 3. The van der Waals surface area contributed by atoms with Gasteiger partial charge in [0, 0.05) is 9.50 Å². The fourth-order valence-electron chi connectivity index (χ4n) is 1.63. The summed E-state index contributed by atoms with van der Waals surface area (Å²) in [5, 5.41) is 0.439. The van der Waals surface area contributed by atoms with Gasteiger partial charge >= 0.3 is 0 Å². The molecule has 0 radical (unpaired) electrons. The van der Waals surface area contributed by atoms with E-state index in [2.05, 4.69) is 15.9 Å². The normalized spacial score (nSPS) is 10.3.